The normalized spacial score (nSPS) is 18.6. The van der Waals surface area contributed by atoms with Gasteiger partial charge >= 0.3 is 0 Å². The lowest BCUT2D eigenvalue weighted by Gasteiger charge is -2.37. The van der Waals surface area contributed by atoms with Crippen LogP contribution < -0.4 is 5.32 Å². The Kier molecular flexibility index (Phi) is 4.04. The highest BCUT2D eigenvalue weighted by Gasteiger charge is 2.35. The number of amides is 2. The topological polar surface area (TPSA) is 73.2 Å². The second-order valence-corrected chi connectivity index (χ2v) is 5.17. The summed E-state index contributed by atoms with van der Waals surface area (Å²) in [5.74, 6) is -0.273. The molecule has 1 unspecified atom stereocenters. The average molecular weight is 271 g/mol. The van der Waals surface area contributed by atoms with E-state index in [1.165, 1.54) is 0 Å². The first-order valence-corrected chi connectivity index (χ1v) is 6.63. The molecule has 1 aromatic carbocycles. The number of nitriles is 1. The van der Waals surface area contributed by atoms with Crippen LogP contribution in [0.15, 0.2) is 24.3 Å². The van der Waals surface area contributed by atoms with E-state index in [1.54, 1.807) is 29.2 Å². The molecule has 1 saturated heterocycles. The highest BCUT2D eigenvalue weighted by Crippen LogP contribution is 2.18. The molecule has 0 saturated carbocycles. The van der Waals surface area contributed by atoms with Gasteiger partial charge in [0.05, 0.1) is 11.6 Å². The minimum absolute atomic E-state index is 0.0402. The quantitative estimate of drug-likeness (QED) is 0.877. The van der Waals surface area contributed by atoms with E-state index in [4.69, 9.17) is 5.26 Å². The molecule has 0 aliphatic carbocycles. The molecule has 5 heteroatoms. The van der Waals surface area contributed by atoms with Gasteiger partial charge in [0.25, 0.3) is 5.91 Å². The van der Waals surface area contributed by atoms with Crippen molar-refractivity contribution < 1.29 is 9.59 Å². The van der Waals surface area contributed by atoms with E-state index in [2.05, 4.69) is 5.32 Å². The number of hydrogen-bond donors (Lipinski definition) is 1. The summed E-state index contributed by atoms with van der Waals surface area (Å²) in [6.45, 7) is 4.79. The Hall–Kier alpha value is -2.35. The van der Waals surface area contributed by atoms with Gasteiger partial charge in [0.2, 0.25) is 5.91 Å². The Morgan fingerprint density at radius 3 is 2.90 bits per heavy atom. The summed E-state index contributed by atoms with van der Waals surface area (Å²) in [6, 6.07) is 8.13. The first kappa shape index (κ1) is 14.1. The van der Waals surface area contributed by atoms with Crippen LogP contribution in [0.5, 0.6) is 0 Å². The standard InChI is InChI=1S/C15H17N3O2/c1-10(2)13-14(19)17-6-7-18(13)15(20)12-5-3-4-11(8-12)9-16/h3-5,8,10,13H,6-7H2,1-2H3,(H,17,19). The van der Waals surface area contributed by atoms with Gasteiger partial charge in [-0.2, -0.15) is 5.26 Å². The Morgan fingerprint density at radius 1 is 1.50 bits per heavy atom. The van der Waals surface area contributed by atoms with Crippen molar-refractivity contribution in [1.82, 2.24) is 10.2 Å². The van der Waals surface area contributed by atoms with Crippen molar-refractivity contribution in [3.05, 3.63) is 35.4 Å². The van der Waals surface area contributed by atoms with Crippen LogP contribution in [0.3, 0.4) is 0 Å². The van der Waals surface area contributed by atoms with Crippen LogP contribution >= 0.6 is 0 Å². The molecule has 2 rings (SSSR count). The molecular formula is C15H17N3O2. The molecule has 1 aliphatic rings. The number of nitrogens with zero attached hydrogens (tertiary/aromatic N) is 2. The summed E-state index contributed by atoms with van der Waals surface area (Å²) in [5, 5.41) is 11.7. The third-order valence-corrected chi connectivity index (χ3v) is 3.39. The zero-order valence-electron chi connectivity index (χ0n) is 11.6. The first-order valence-electron chi connectivity index (χ1n) is 6.63. The Balaban J connectivity index is 2.30. The fourth-order valence-corrected chi connectivity index (χ4v) is 2.46. The number of hydrogen-bond acceptors (Lipinski definition) is 3. The van der Waals surface area contributed by atoms with Crippen molar-refractivity contribution in [3.8, 4) is 6.07 Å². The highest BCUT2D eigenvalue weighted by atomic mass is 16.2. The minimum Gasteiger partial charge on any atom is -0.353 e. The van der Waals surface area contributed by atoms with Crippen LogP contribution in [-0.4, -0.2) is 35.8 Å². The lowest BCUT2D eigenvalue weighted by atomic mass is 9.98. The van der Waals surface area contributed by atoms with Gasteiger partial charge in [0, 0.05) is 18.7 Å². The van der Waals surface area contributed by atoms with Gasteiger partial charge in [0.1, 0.15) is 6.04 Å². The summed E-state index contributed by atoms with van der Waals surface area (Å²) < 4.78 is 0. The number of carbonyl (C=O) groups excluding carboxylic acids is 2. The minimum atomic E-state index is -0.456. The van der Waals surface area contributed by atoms with Crippen molar-refractivity contribution in [2.45, 2.75) is 19.9 Å². The second kappa shape index (κ2) is 5.74. The smallest absolute Gasteiger partial charge is 0.254 e. The molecule has 104 valence electrons. The Labute approximate surface area is 118 Å². The maximum Gasteiger partial charge on any atom is 0.254 e. The number of rotatable bonds is 2. The molecule has 1 N–H and O–H groups in total. The van der Waals surface area contributed by atoms with Crippen LogP contribution in [0.2, 0.25) is 0 Å². The predicted molar refractivity (Wildman–Crippen MR) is 73.8 cm³/mol. The number of benzene rings is 1. The summed E-state index contributed by atoms with van der Waals surface area (Å²) in [4.78, 5) is 26.1. The number of carbonyl (C=O) groups is 2. The molecular weight excluding hydrogens is 254 g/mol. The molecule has 20 heavy (non-hydrogen) atoms. The van der Waals surface area contributed by atoms with E-state index in [9.17, 15) is 9.59 Å². The number of piperazine rings is 1. The highest BCUT2D eigenvalue weighted by molar-refractivity contribution is 5.98. The van der Waals surface area contributed by atoms with E-state index >= 15 is 0 Å². The van der Waals surface area contributed by atoms with Gasteiger partial charge in [-0.05, 0) is 24.1 Å². The van der Waals surface area contributed by atoms with Gasteiger partial charge in [-0.3, -0.25) is 9.59 Å². The number of nitrogens with one attached hydrogen (secondary N) is 1. The molecule has 1 heterocycles. The summed E-state index contributed by atoms with van der Waals surface area (Å²) in [6.07, 6.45) is 0. The molecule has 1 aliphatic heterocycles. The summed E-state index contributed by atoms with van der Waals surface area (Å²) in [5.41, 5.74) is 0.891. The lowest BCUT2D eigenvalue weighted by Crippen LogP contribution is -2.59. The van der Waals surface area contributed by atoms with Gasteiger partial charge in [-0.1, -0.05) is 19.9 Å². The van der Waals surface area contributed by atoms with Crippen LogP contribution in [0.1, 0.15) is 29.8 Å². The molecule has 1 atom stereocenters. The molecule has 1 fully saturated rings. The third-order valence-electron chi connectivity index (χ3n) is 3.39. The molecule has 0 bridgehead atoms. The third kappa shape index (κ3) is 2.64. The molecule has 0 aromatic heterocycles. The maximum atomic E-state index is 12.6. The van der Waals surface area contributed by atoms with Crippen molar-refractivity contribution in [2.75, 3.05) is 13.1 Å². The predicted octanol–water partition coefficient (Wildman–Crippen LogP) is 1.15. The molecule has 0 spiro atoms. The van der Waals surface area contributed by atoms with Gasteiger partial charge < -0.3 is 10.2 Å². The molecule has 1 aromatic rings. The van der Waals surface area contributed by atoms with Crippen LogP contribution in [0.25, 0.3) is 0 Å². The van der Waals surface area contributed by atoms with E-state index in [-0.39, 0.29) is 17.7 Å². The first-order chi connectivity index (χ1) is 9.54. The largest absolute Gasteiger partial charge is 0.353 e. The zero-order valence-corrected chi connectivity index (χ0v) is 11.6. The van der Waals surface area contributed by atoms with E-state index in [0.29, 0.717) is 24.2 Å². The Bertz CT molecular complexity index is 575. The van der Waals surface area contributed by atoms with Gasteiger partial charge in [0.15, 0.2) is 0 Å². The van der Waals surface area contributed by atoms with E-state index < -0.39 is 6.04 Å². The average Bonchev–Trinajstić information content (AvgIpc) is 2.45. The van der Waals surface area contributed by atoms with Crippen molar-refractivity contribution in [2.24, 2.45) is 5.92 Å². The van der Waals surface area contributed by atoms with E-state index in [1.807, 2.05) is 19.9 Å². The second-order valence-electron chi connectivity index (χ2n) is 5.17. The van der Waals surface area contributed by atoms with Crippen molar-refractivity contribution in [3.63, 3.8) is 0 Å². The van der Waals surface area contributed by atoms with Crippen LogP contribution in [-0.2, 0) is 4.79 Å². The summed E-state index contributed by atoms with van der Waals surface area (Å²) in [7, 11) is 0. The van der Waals surface area contributed by atoms with Crippen molar-refractivity contribution in [1.29, 1.82) is 5.26 Å². The molecule has 2 amide bonds. The van der Waals surface area contributed by atoms with E-state index in [0.717, 1.165) is 0 Å². The van der Waals surface area contributed by atoms with Crippen molar-refractivity contribution >= 4 is 11.8 Å². The maximum absolute atomic E-state index is 12.6. The van der Waals surface area contributed by atoms with Gasteiger partial charge in [-0.15, -0.1) is 0 Å². The van der Waals surface area contributed by atoms with Crippen LogP contribution in [0, 0.1) is 17.2 Å². The lowest BCUT2D eigenvalue weighted by molar-refractivity contribution is -0.129. The fourth-order valence-electron chi connectivity index (χ4n) is 2.46. The molecule has 5 nitrogen and oxygen atoms in total. The summed E-state index contributed by atoms with van der Waals surface area (Å²) >= 11 is 0. The Morgan fingerprint density at radius 2 is 2.25 bits per heavy atom. The fraction of sp³-hybridized carbons (Fsp3) is 0.400. The molecule has 0 radical (unpaired) electrons. The monoisotopic (exact) mass is 271 g/mol. The SMILES string of the molecule is CC(C)C1C(=O)NCCN1C(=O)c1cccc(C#N)c1. The van der Waals surface area contributed by atoms with Crippen LogP contribution in [0.4, 0.5) is 0 Å². The van der Waals surface area contributed by atoms with Gasteiger partial charge in [-0.25, -0.2) is 0 Å². The zero-order chi connectivity index (χ0) is 14.7.